The summed E-state index contributed by atoms with van der Waals surface area (Å²) in [5.74, 6) is -2.91. The predicted molar refractivity (Wildman–Crippen MR) is 61.4 cm³/mol. The zero-order valence-corrected chi connectivity index (χ0v) is 10.7. The summed E-state index contributed by atoms with van der Waals surface area (Å²) in [5.41, 5.74) is 0. The first-order valence-corrected chi connectivity index (χ1v) is 5.60. The molecule has 0 amide bonds. The summed E-state index contributed by atoms with van der Waals surface area (Å²) >= 11 is 0. The summed E-state index contributed by atoms with van der Waals surface area (Å²) in [7, 11) is 1.27. The molecule has 3 atom stereocenters. The van der Waals surface area contributed by atoms with Gasteiger partial charge in [-0.2, -0.15) is 0 Å². The van der Waals surface area contributed by atoms with Gasteiger partial charge in [0, 0.05) is 5.92 Å². The van der Waals surface area contributed by atoms with Crippen LogP contribution in [0.5, 0.6) is 0 Å². The number of rotatable bonds is 7. The second-order valence-electron chi connectivity index (χ2n) is 4.44. The van der Waals surface area contributed by atoms with E-state index >= 15 is 0 Å². The summed E-state index contributed by atoms with van der Waals surface area (Å²) in [5, 5.41) is 9.04. The monoisotopic (exact) mass is 244 g/mol. The number of carbonyl (C=O) groups excluding carboxylic acids is 2. The van der Waals surface area contributed by atoms with Gasteiger partial charge < -0.3 is 9.84 Å². The third-order valence-electron chi connectivity index (χ3n) is 2.92. The molecule has 0 bridgehead atoms. The van der Waals surface area contributed by atoms with E-state index in [1.807, 2.05) is 0 Å². The molecular formula is C12H20O5. The van der Waals surface area contributed by atoms with Crippen molar-refractivity contribution in [2.75, 3.05) is 7.11 Å². The molecule has 3 unspecified atom stereocenters. The minimum Gasteiger partial charge on any atom is -0.481 e. The largest absolute Gasteiger partial charge is 0.481 e. The quantitative estimate of drug-likeness (QED) is 0.686. The van der Waals surface area contributed by atoms with Crippen molar-refractivity contribution in [2.45, 2.75) is 33.6 Å². The second kappa shape index (κ2) is 7.04. The number of methoxy groups -OCH3 is 1. The molecular weight excluding hydrogens is 224 g/mol. The Hall–Kier alpha value is -1.39. The molecule has 17 heavy (non-hydrogen) atoms. The fourth-order valence-electron chi connectivity index (χ4n) is 1.61. The summed E-state index contributed by atoms with van der Waals surface area (Å²) in [6, 6.07) is 0. The molecule has 0 aliphatic rings. The molecule has 0 aromatic heterocycles. The zero-order chi connectivity index (χ0) is 13.6. The van der Waals surface area contributed by atoms with Gasteiger partial charge in [-0.1, -0.05) is 13.8 Å². The lowest BCUT2D eigenvalue weighted by Crippen LogP contribution is -2.25. The first-order valence-electron chi connectivity index (χ1n) is 5.60. The van der Waals surface area contributed by atoms with Gasteiger partial charge in [-0.3, -0.25) is 14.4 Å². The van der Waals surface area contributed by atoms with E-state index in [0.29, 0.717) is 0 Å². The molecule has 98 valence electrons. The Morgan fingerprint density at radius 3 is 1.94 bits per heavy atom. The van der Waals surface area contributed by atoms with Crippen LogP contribution >= 0.6 is 0 Å². The van der Waals surface area contributed by atoms with Gasteiger partial charge in [-0.05, 0) is 19.8 Å². The fourth-order valence-corrected chi connectivity index (χ4v) is 1.61. The van der Waals surface area contributed by atoms with Crippen molar-refractivity contribution in [3.63, 3.8) is 0 Å². The summed E-state index contributed by atoms with van der Waals surface area (Å²) in [6.07, 6.45) is 0.450. The fraction of sp³-hybridized carbons (Fsp3) is 0.750. The number of hydrogen-bond acceptors (Lipinski definition) is 4. The average Bonchev–Trinajstić information content (AvgIpc) is 2.26. The summed E-state index contributed by atoms with van der Waals surface area (Å²) < 4.78 is 4.55. The lowest BCUT2D eigenvalue weighted by molar-refractivity contribution is -0.147. The Kier molecular flexibility index (Phi) is 6.46. The van der Waals surface area contributed by atoms with Crippen molar-refractivity contribution in [1.29, 1.82) is 0 Å². The lowest BCUT2D eigenvalue weighted by atomic mass is 9.87. The highest BCUT2D eigenvalue weighted by molar-refractivity contribution is 5.79. The standard InChI is InChI=1S/C12H20O5/c1-7(9(3)13)5-10(11(14)15)6-8(2)12(16)17-4/h7-8,10H,5-6H2,1-4H3,(H,14,15). The Labute approximate surface area is 101 Å². The first-order chi connectivity index (χ1) is 7.79. The molecule has 0 saturated carbocycles. The summed E-state index contributed by atoms with van der Waals surface area (Å²) in [6.45, 7) is 4.76. The molecule has 1 N–H and O–H groups in total. The molecule has 0 rings (SSSR count). The van der Waals surface area contributed by atoms with E-state index in [1.165, 1.54) is 14.0 Å². The van der Waals surface area contributed by atoms with Crippen LogP contribution in [0.3, 0.4) is 0 Å². The number of carbonyl (C=O) groups is 3. The van der Waals surface area contributed by atoms with Crippen molar-refractivity contribution >= 4 is 17.7 Å². The molecule has 5 nitrogen and oxygen atoms in total. The van der Waals surface area contributed by atoms with Crippen molar-refractivity contribution < 1.29 is 24.2 Å². The van der Waals surface area contributed by atoms with E-state index in [0.717, 1.165) is 0 Å². The maximum Gasteiger partial charge on any atom is 0.308 e. The molecule has 0 aromatic rings. The first kappa shape index (κ1) is 15.6. The Bertz CT molecular complexity index is 297. The van der Waals surface area contributed by atoms with Crippen LogP contribution < -0.4 is 0 Å². The maximum absolute atomic E-state index is 11.2. The highest BCUT2D eigenvalue weighted by Crippen LogP contribution is 2.22. The maximum atomic E-state index is 11.2. The van der Waals surface area contributed by atoms with Gasteiger partial charge >= 0.3 is 11.9 Å². The van der Waals surface area contributed by atoms with E-state index in [-0.39, 0.29) is 24.5 Å². The van der Waals surface area contributed by atoms with Gasteiger partial charge in [0.15, 0.2) is 0 Å². The van der Waals surface area contributed by atoms with Crippen molar-refractivity contribution in [2.24, 2.45) is 17.8 Å². The highest BCUT2D eigenvalue weighted by Gasteiger charge is 2.27. The number of aliphatic carboxylic acids is 1. The number of ketones is 1. The molecule has 0 aliphatic heterocycles. The molecule has 0 saturated heterocycles. The highest BCUT2D eigenvalue weighted by atomic mass is 16.5. The van der Waals surface area contributed by atoms with Gasteiger partial charge in [0.1, 0.15) is 5.78 Å². The lowest BCUT2D eigenvalue weighted by Gasteiger charge is -2.18. The van der Waals surface area contributed by atoms with Gasteiger partial charge in [0.25, 0.3) is 0 Å². The second-order valence-corrected chi connectivity index (χ2v) is 4.44. The molecule has 0 spiro atoms. The molecule has 5 heteroatoms. The number of carboxylic acid groups (broad SMARTS) is 1. The zero-order valence-electron chi connectivity index (χ0n) is 10.7. The summed E-state index contributed by atoms with van der Waals surface area (Å²) in [4.78, 5) is 33.3. The number of esters is 1. The van der Waals surface area contributed by atoms with Crippen LogP contribution in [0.4, 0.5) is 0 Å². The van der Waals surface area contributed by atoms with Gasteiger partial charge in [0.05, 0.1) is 18.9 Å². The van der Waals surface area contributed by atoms with Crippen LogP contribution in [0.25, 0.3) is 0 Å². The smallest absolute Gasteiger partial charge is 0.308 e. The van der Waals surface area contributed by atoms with Gasteiger partial charge in [-0.15, -0.1) is 0 Å². The van der Waals surface area contributed by atoms with Crippen LogP contribution in [0, 0.1) is 17.8 Å². The normalized spacial score (nSPS) is 15.8. The van der Waals surface area contributed by atoms with Crippen LogP contribution in [0.15, 0.2) is 0 Å². The van der Waals surface area contributed by atoms with Crippen molar-refractivity contribution in [3.05, 3.63) is 0 Å². The van der Waals surface area contributed by atoms with Crippen molar-refractivity contribution in [3.8, 4) is 0 Å². The number of Topliss-reactive ketones (excluding diaryl/α,β-unsaturated/α-hetero) is 1. The number of carboxylic acids is 1. The van der Waals surface area contributed by atoms with Crippen LogP contribution in [-0.4, -0.2) is 29.9 Å². The molecule has 0 aliphatic carbocycles. The Balaban J connectivity index is 4.50. The molecule has 0 fully saturated rings. The van der Waals surface area contributed by atoms with E-state index in [2.05, 4.69) is 4.74 Å². The third-order valence-corrected chi connectivity index (χ3v) is 2.92. The minimum absolute atomic E-state index is 0.0398. The van der Waals surface area contributed by atoms with E-state index in [1.54, 1.807) is 13.8 Å². The number of hydrogen-bond donors (Lipinski definition) is 1. The Morgan fingerprint density at radius 2 is 1.59 bits per heavy atom. The molecule has 0 aromatic carbocycles. The van der Waals surface area contributed by atoms with Crippen molar-refractivity contribution in [1.82, 2.24) is 0 Å². The Morgan fingerprint density at radius 1 is 1.12 bits per heavy atom. The topological polar surface area (TPSA) is 80.7 Å². The van der Waals surface area contributed by atoms with E-state index in [4.69, 9.17) is 5.11 Å². The van der Waals surface area contributed by atoms with Gasteiger partial charge in [0.2, 0.25) is 0 Å². The van der Waals surface area contributed by atoms with E-state index in [9.17, 15) is 14.4 Å². The average molecular weight is 244 g/mol. The SMILES string of the molecule is COC(=O)C(C)CC(CC(C)C(C)=O)C(=O)O. The number of ether oxygens (including phenoxy) is 1. The van der Waals surface area contributed by atoms with Crippen LogP contribution in [0.2, 0.25) is 0 Å². The molecule has 0 heterocycles. The molecule has 0 radical (unpaired) electrons. The van der Waals surface area contributed by atoms with Crippen LogP contribution in [-0.2, 0) is 19.1 Å². The van der Waals surface area contributed by atoms with Crippen LogP contribution in [0.1, 0.15) is 33.6 Å². The third kappa shape index (κ3) is 5.47. The predicted octanol–water partition coefficient (Wildman–Crippen LogP) is 1.50. The minimum atomic E-state index is -0.978. The van der Waals surface area contributed by atoms with Gasteiger partial charge in [-0.25, -0.2) is 0 Å². The van der Waals surface area contributed by atoms with E-state index < -0.39 is 23.8 Å².